The first kappa shape index (κ1) is 33.0. The Kier molecular flexibility index (Phi) is 10.8. The molecule has 7 atom stereocenters. The van der Waals surface area contributed by atoms with E-state index < -0.39 is 16.6 Å². The minimum atomic E-state index is -1.67. The van der Waals surface area contributed by atoms with Crippen molar-refractivity contribution in [2.75, 3.05) is 38.3 Å². The fourth-order valence-corrected chi connectivity index (χ4v) is 8.75. The molecule has 1 saturated carbocycles. The number of allylic oxidation sites excluding steroid dienone is 1. The molecule has 1 amide bonds. The molecular formula is C35H47ClN2O5S. The van der Waals surface area contributed by atoms with E-state index in [-0.39, 0.29) is 29.6 Å². The van der Waals surface area contributed by atoms with Gasteiger partial charge in [-0.3, -0.25) is 9.52 Å². The Balaban J connectivity index is 1.55. The third-order valence-electron chi connectivity index (χ3n) is 10.0. The largest absolute Gasteiger partial charge is 0.491 e. The van der Waals surface area contributed by atoms with Crippen LogP contribution in [-0.2, 0) is 22.1 Å². The van der Waals surface area contributed by atoms with Gasteiger partial charge in [0, 0.05) is 43.3 Å². The molecule has 1 fully saturated rings. The summed E-state index contributed by atoms with van der Waals surface area (Å²) in [5.41, 5.74) is 3.39. The number of ether oxygens (including phenoxy) is 2. The van der Waals surface area contributed by atoms with Crippen molar-refractivity contribution in [2.24, 2.45) is 17.8 Å². The first-order valence-electron chi connectivity index (χ1n) is 16.0. The third kappa shape index (κ3) is 7.04. The lowest BCUT2D eigenvalue weighted by Crippen LogP contribution is -2.49. The SMILES string of the molecule is CCCc1cc(Cl)ccc1C1COc2ccc3cc2N(C1)CC1CCC1[C@@](C)(OC)/C=C/CC(C)C(CCO)S(=O)NC3=O. The van der Waals surface area contributed by atoms with E-state index in [4.69, 9.17) is 21.1 Å². The van der Waals surface area contributed by atoms with Gasteiger partial charge in [-0.1, -0.05) is 50.1 Å². The fraction of sp³-hybridized carbons (Fsp3) is 0.571. The number of halogens is 1. The number of hydrogen-bond donors (Lipinski definition) is 2. The number of benzene rings is 2. The maximum atomic E-state index is 13.5. The van der Waals surface area contributed by atoms with Gasteiger partial charge >= 0.3 is 0 Å². The zero-order valence-electron chi connectivity index (χ0n) is 26.4. The highest BCUT2D eigenvalue weighted by Crippen LogP contribution is 2.46. The molecular weight excluding hydrogens is 596 g/mol. The topological polar surface area (TPSA) is 88.1 Å². The summed E-state index contributed by atoms with van der Waals surface area (Å²) < 4.78 is 28.8. The number of rotatable bonds is 6. The molecule has 9 heteroatoms. The number of carbonyl (C=O) groups is 1. The molecule has 0 saturated heterocycles. The van der Waals surface area contributed by atoms with Gasteiger partial charge in [0.2, 0.25) is 0 Å². The van der Waals surface area contributed by atoms with Gasteiger partial charge in [-0.25, -0.2) is 4.21 Å². The summed E-state index contributed by atoms with van der Waals surface area (Å²) in [6.45, 7) is 8.34. The Bertz CT molecular complexity index is 1380. The lowest BCUT2D eigenvalue weighted by molar-refractivity contribution is -0.0620. The van der Waals surface area contributed by atoms with Crippen molar-refractivity contribution in [1.82, 2.24) is 4.72 Å². The van der Waals surface area contributed by atoms with Crippen LogP contribution in [0.4, 0.5) is 5.69 Å². The molecule has 2 N–H and O–H groups in total. The maximum Gasteiger partial charge on any atom is 0.263 e. The van der Waals surface area contributed by atoms with Gasteiger partial charge in [-0.15, -0.1) is 0 Å². The molecule has 240 valence electrons. The van der Waals surface area contributed by atoms with Crippen molar-refractivity contribution in [3.63, 3.8) is 0 Å². The van der Waals surface area contributed by atoms with Crippen LogP contribution in [0.15, 0.2) is 48.6 Å². The van der Waals surface area contributed by atoms with Gasteiger partial charge < -0.3 is 19.5 Å². The summed E-state index contributed by atoms with van der Waals surface area (Å²) in [5, 5.41) is 10.1. The Morgan fingerprint density at radius 2 is 2.02 bits per heavy atom. The molecule has 7 nitrogen and oxygen atoms in total. The van der Waals surface area contributed by atoms with Gasteiger partial charge in [-0.05, 0) is 98.2 Å². The number of aryl methyl sites for hydroxylation is 1. The van der Waals surface area contributed by atoms with Gasteiger partial charge in [0.1, 0.15) is 16.7 Å². The Labute approximate surface area is 269 Å². The van der Waals surface area contributed by atoms with Gasteiger partial charge in [0.25, 0.3) is 5.91 Å². The summed E-state index contributed by atoms with van der Waals surface area (Å²) in [7, 11) is 0.120. The first-order valence-corrected chi connectivity index (χ1v) is 17.6. The van der Waals surface area contributed by atoms with Crippen molar-refractivity contribution in [2.45, 2.75) is 76.1 Å². The molecule has 3 aliphatic rings. The van der Waals surface area contributed by atoms with Crippen LogP contribution in [0.25, 0.3) is 0 Å². The lowest BCUT2D eigenvalue weighted by Gasteiger charge is -2.48. The number of amides is 1. The Hall–Kier alpha value is -2.39. The predicted octanol–water partition coefficient (Wildman–Crippen LogP) is 6.45. The van der Waals surface area contributed by atoms with Crippen LogP contribution in [0.2, 0.25) is 5.02 Å². The highest BCUT2D eigenvalue weighted by molar-refractivity contribution is 7.84. The summed E-state index contributed by atoms with van der Waals surface area (Å²) >= 11 is 6.42. The zero-order chi connectivity index (χ0) is 31.4. The predicted molar refractivity (Wildman–Crippen MR) is 178 cm³/mol. The average Bonchev–Trinajstić information content (AvgIpc) is 3.16. The number of nitrogens with one attached hydrogen (secondary N) is 1. The number of carbonyl (C=O) groups excluding carboxylic acids is 1. The van der Waals surface area contributed by atoms with Crippen molar-refractivity contribution >= 4 is 34.2 Å². The number of fused-ring (bicyclic) bond motifs is 2. The standard InChI is InChI=1S/C35H47ClN2O5S/c1-5-7-24-18-28(36)11-12-29(24)27-21-38-20-26-9-13-30(26)35(3,42-4)16-6-8-23(2)33(15-17-39)44(41)37-34(40)25-10-14-32(43-22-27)31(38)19-25/h6,10-12,14,16,18-19,23,26-27,30,33,39H,5,7-9,13,15,17,20-22H2,1-4H3,(H,37,40)/b16-6+/t23?,26?,27?,30?,33?,35-,44?/m0/s1. The normalized spacial score (nSPS) is 31.6. The van der Waals surface area contributed by atoms with E-state index in [1.54, 1.807) is 13.2 Å². The molecule has 5 rings (SSSR count). The van der Waals surface area contributed by atoms with Gasteiger partial charge in [-0.2, -0.15) is 0 Å². The van der Waals surface area contributed by atoms with Crippen molar-refractivity contribution in [1.29, 1.82) is 0 Å². The van der Waals surface area contributed by atoms with Crippen molar-refractivity contribution in [3.8, 4) is 5.75 Å². The van der Waals surface area contributed by atoms with E-state index >= 15 is 0 Å². The van der Waals surface area contributed by atoms with Crippen LogP contribution in [0.5, 0.6) is 5.75 Å². The smallest absolute Gasteiger partial charge is 0.263 e. The summed E-state index contributed by atoms with van der Waals surface area (Å²) in [5.74, 6) is 1.19. The number of anilines is 1. The number of nitrogens with zero attached hydrogens (tertiary/aromatic N) is 1. The monoisotopic (exact) mass is 642 g/mol. The zero-order valence-corrected chi connectivity index (χ0v) is 28.0. The molecule has 6 unspecified atom stereocenters. The molecule has 2 aliphatic heterocycles. The number of hydrogen-bond acceptors (Lipinski definition) is 6. The summed E-state index contributed by atoms with van der Waals surface area (Å²) in [6, 6.07) is 11.7. The van der Waals surface area contributed by atoms with Crippen LogP contribution in [0.3, 0.4) is 0 Å². The molecule has 0 spiro atoms. The van der Waals surface area contributed by atoms with E-state index in [1.807, 2.05) is 25.1 Å². The van der Waals surface area contributed by atoms with E-state index in [9.17, 15) is 14.1 Å². The summed E-state index contributed by atoms with van der Waals surface area (Å²) in [6.07, 6.45) is 9.47. The maximum absolute atomic E-state index is 13.5. The molecule has 1 aliphatic carbocycles. The minimum Gasteiger partial charge on any atom is -0.491 e. The Morgan fingerprint density at radius 3 is 2.73 bits per heavy atom. The van der Waals surface area contributed by atoms with Crippen LogP contribution in [0, 0.1) is 17.8 Å². The van der Waals surface area contributed by atoms with E-state index in [1.165, 1.54) is 11.1 Å². The molecule has 0 aromatic heterocycles. The average molecular weight is 643 g/mol. The van der Waals surface area contributed by atoms with E-state index in [2.05, 4.69) is 47.8 Å². The second kappa shape index (κ2) is 14.4. The van der Waals surface area contributed by atoms with Gasteiger partial charge in [0.05, 0.1) is 23.1 Å². The number of methoxy groups -OCH3 is 1. The molecule has 2 aromatic carbocycles. The quantitative estimate of drug-likeness (QED) is 0.352. The Morgan fingerprint density at radius 1 is 1.20 bits per heavy atom. The van der Waals surface area contributed by atoms with Crippen molar-refractivity contribution < 1.29 is 23.6 Å². The van der Waals surface area contributed by atoms with Crippen LogP contribution < -0.4 is 14.4 Å². The first-order chi connectivity index (χ1) is 21.2. The number of aliphatic hydroxyl groups is 1. The van der Waals surface area contributed by atoms with Crippen LogP contribution in [0.1, 0.15) is 80.3 Å². The fourth-order valence-electron chi connectivity index (χ4n) is 7.25. The summed E-state index contributed by atoms with van der Waals surface area (Å²) in [4.78, 5) is 15.9. The molecule has 2 heterocycles. The lowest BCUT2D eigenvalue weighted by atomic mass is 9.64. The molecule has 0 radical (unpaired) electrons. The van der Waals surface area contributed by atoms with Crippen LogP contribution in [-0.4, -0.2) is 59.5 Å². The highest BCUT2D eigenvalue weighted by Gasteiger charge is 2.45. The second-order valence-electron chi connectivity index (χ2n) is 12.9. The van der Waals surface area contributed by atoms with Gasteiger partial charge in [0.15, 0.2) is 0 Å². The highest BCUT2D eigenvalue weighted by atomic mass is 35.5. The van der Waals surface area contributed by atoms with E-state index in [0.717, 1.165) is 55.2 Å². The molecule has 2 aromatic rings. The third-order valence-corrected chi connectivity index (χ3v) is 11.9. The van der Waals surface area contributed by atoms with E-state index in [0.29, 0.717) is 36.8 Å². The molecule has 2 bridgehead atoms. The van der Waals surface area contributed by atoms with Crippen molar-refractivity contribution in [3.05, 3.63) is 70.3 Å². The molecule has 44 heavy (non-hydrogen) atoms. The second-order valence-corrected chi connectivity index (χ2v) is 14.8. The number of aliphatic hydroxyl groups excluding tert-OH is 1. The minimum absolute atomic E-state index is 0.0101. The van der Waals surface area contributed by atoms with Crippen LogP contribution >= 0.6 is 11.6 Å².